The molecule has 0 saturated heterocycles. The van der Waals surface area contributed by atoms with E-state index in [-0.39, 0.29) is 5.56 Å². The number of pyridine rings is 1. The molecule has 1 aromatic heterocycles. The molecule has 0 radical (unpaired) electrons. The largest absolute Gasteiger partial charge is 0.478 e. The molecule has 1 heterocycles. The molecule has 0 spiro atoms. The van der Waals surface area contributed by atoms with Crippen LogP contribution >= 0.6 is 0 Å². The van der Waals surface area contributed by atoms with Gasteiger partial charge < -0.3 is 12.9 Å². The highest BCUT2D eigenvalue weighted by molar-refractivity contribution is 6.58. The Hall–Kier alpha value is -1.21. The van der Waals surface area contributed by atoms with Crippen LogP contribution in [0.25, 0.3) is 0 Å². The van der Waals surface area contributed by atoms with Gasteiger partial charge in [-0.15, -0.1) is 0 Å². The van der Waals surface area contributed by atoms with Crippen molar-refractivity contribution in [3.05, 3.63) is 29.6 Å². The Labute approximate surface area is 87.5 Å². The van der Waals surface area contributed by atoms with Crippen molar-refractivity contribution in [3.63, 3.8) is 0 Å². The summed E-state index contributed by atoms with van der Waals surface area (Å²) in [5.74, 6) is 0. The minimum atomic E-state index is -4.97. The summed E-state index contributed by atoms with van der Waals surface area (Å²) in [5, 5.41) is 0. The van der Waals surface area contributed by atoms with E-state index < -0.39 is 31.6 Å². The first-order valence-corrected chi connectivity index (χ1v) is 4.41. The second kappa shape index (κ2) is 4.35. The van der Waals surface area contributed by atoms with E-state index in [0.29, 0.717) is 6.07 Å². The maximum atomic E-state index is 12.2. The molecule has 0 unspecified atom stereocenters. The smallest absolute Gasteiger partial charge is 0.449 e. The number of alkyl halides is 3. The summed E-state index contributed by atoms with van der Waals surface area (Å²) in [6.07, 6.45) is -5.29. The number of aromatic nitrogens is 1. The second-order valence-electron chi connectivity index (χ2n) is 3.30. The van der Waals surface area contributed by atoms with E-state index in [2.05, 4.69) is 4.98 Å². The predicted octanol–water partition coefficient (Wildman–Crippen LogP) is 3.49. The monoisotopic (exact) mass is 242 g/mol. The van der Waals surface area contributed by atoms with E-state index in [9.17, 15) is 26.1 Å². The number of nitrogens with zero attached hydrogens (tertiary/aromatic N) is 1. The molecule has 0 aliphatic heterocycles. The van der Waals surface area contributed by atoms with Crippen LogP contribution < -0.4 is 0 Å². The molecule has 0 saturated carbocycles. The van der Waals surface area contributed by atoms with E-state index >= 15 is 0 Å². The van der Waals surface area contributed by atoms with Gasteiger partial charge in [-0.3, -0.25) is 4.98 Å². The molecule has 16 heavy (non-hydrogen) atoms. The molecule has 0 amide bonds. The first-order valence-electron chi connectivity index (χ1n) is 4.41. The topological polar surface area (TPSA) is 12.9 Å². The highest BCUT2D eigenvalue weighted by Crippen LogP contribution is 2.28. The van der Waals surface area contributed by atoms with E-state index in [1.165, 1.54) is 0 Å². The Bertz CT molecular complexity index is 358. The molecule has 0 aromatic carbocycles. The van der Waals surface area contributed by atoms with Gasteiger partial charge in [0.25, 0.3) is 0 Å². The molecule has 1 aromatic rings. The van der Waals surface area contributed by atoms with Gasteiger partial charge in [0.05, 0.1) is 0 Å². The third-order valence-corrected chi connectivity index (χ3v) is 1.88. The number of aryl methyl sites for hydroxylation is 1. The van der Waals surface area contributed by atoms with Crippen molar-refractivity contribution in [1.29, 1.82) is 0 Å². The van der Waals surface area contributed by atoms with Gasteiger partial charge in [0.15, 0.2) is 0 Å². The van der Waals surface area contributed by atoms with Gasteiger partial charge in [0.2, 0.25) is 0 Å². The first kappa shape index (κ1) is 12.9. The zero-order valence-corrected chi connectivity index (χ0v) is 7.94. The molecule has 0 bridgehead atoms. The van der Waals surface area contributed by atoms with Gasteiger partial charge in [-0.1, -0.05) is 12.7 Å². The molecular formula is C8H7BF6N-. The van der Waals surface area contributed by atoms with Crippen LogP contribution in [0.5, 0.6) is 0 Å². The lowest BCUT2D eigenvalue weighted by atomic mass is 9.83. The lowest BCUT2D eigenvalue weighted by Crippen LogP contribution is -2.15. The van der Waals surface area contributed by atoms with Crippen LogP contribution in [0, 0.1) is 0 Å². The summed E-state index contributed by atoms with van der Waals surface area (Å²) in [5.41, 5.74) is -1.18. The van der Waals surface area contributed by atoms with Crippen LogP contribution in [0.3, 0.4) is 0 Å². The van der Waals surface area contributed by atoms with E-state index in [1.807, 2.05) is 0 Å². The number of hydrogen-bond acceptors (Lipinski definition) is 1. The summed E-state index contributed by atoms with van der Waals surface area (Å²) in [4.78, 5) is 3.05. The van der Waals surface area contributed by atoms with E-state index in [1.54, 1.807) is 0 Å². The Morgan fingerprint density at radius 1 is 1.19 bits per heavy atom. The summed E-state index contributed by atoms with van der Waals surface area (Å²) in [6, 6.07) is 1.79. The fourth-order valence-electron chi connectivity index (χ4n) is 1.12. The first-order chi connectivity index (χ1) is 7.18. The van der Waals surface area contributed by atoms with Gasteiger partial charge >= 0.3 is 13.2 Å². The summed E-state index contributed by atoms with van der Waals surface area (Å²) < 4.78 is 72.2. The molecule has 0 atom stereocenters. The molecular weight excluding hydrogens is 235 g/mol. The van der Waals surface area contributed by atoms with Crippen molar-refractivity contribution in [1.82, 2.24) is 4.98 Å². The fourth-order valence-corrected chi connectivity index (χ4v) is 1.12. The van der Waals surface area contributed by atoms with Crippen LogP contribution in [-0.2, 0) is 12.6 Å². The van der Waals surface area contributed by atoms with Crippen molar-refractivity contribution in [2.24, 2.45) is 0 Å². The highest BCUT2D eigenvalue weighted by atomic mass is 19.4. The lowest BCUT2D eigenvalue weighted by molar-refractivity contribution is -0.141. The third-order valence-electron chi connectivity index (χ3n) is 1.88. The normalized spacial score (nSPS) is 12.9. The Morgan fingerprint density at radius 2 is 1.81 bits per heavy atom. The zero-order valence-electron chi connectivity index (χ0n) is 7.94. The summed E-state index contributed by atoms with van der Waals surface area (Å²) in [7, 11) is 0. The average Bonchev–Trinajstić information content (AvgIpc) is 2.13. The summed E-state index contributed by atoms with van der Waals surface area (Å²) in [6.45, 7) is -4.97. The molecule has 1 rings (SSSR count). The van der Waals surface area contributed by atoms with Gasteiger partial charge in [-0.2, -0.15) is 13.2 Å². The van der Waals surface area contributed by atoms with Gasteiger partial charge in [0.1, 0.15) is 5.69 Å². The zero-order chi connectivity index (χ0) is 12.4. The second-order valence-corrected chi connectivity index (χ2v) is 3.30. The SMILES string of the molecule is F[B-](F)(F)CCc1ccnc(C(F)(F)F)c1. The van der Waals surface area contributed by atoms with Crippen LogP contribution in [0.1, 0.15) is 11.3 Å². The number of rotatable bonds is 3. The molecule has 1 nitrogen and oxygen atoms in total. The Morgan fingerprint density at radius 3 is 2.31 bits per heavy atom. The molecule has 0 N–H and O–H groups in total. The average molecular weight is 242 g/mol. The summed E-state index contributed by atoms with van der Waals surface area (Å²) >= 11 is 0. The van der Waals surface area contributed by atoms with Crippen molar-refractivity contribution in [3.8, 4) is 0 Å². The molecule has 8 heteroatoms. The minimum Gasteiger partial charge on any atom is -0.449 e. The highest BCUT2D eigenvalue weighted by Gasteiger charge is 2.32. The predicted molar refractivity (Wildman–Crippen MR) is 46.8 cm³/mol. The van der Waals surface area contributed by atoms with Crippen molar-refractivity contribution >= 4 is 6.98 Å². The molecule has 0 fully saturated rings. The van der Waals surface area contributed by atoms with Crippen LogP contribution in [-0.4, -0.2) is 12.0 Å². The molecule has 90 valence electrons. The third kappa shape index (κ3) is 4.12. The molecule has 0 aliphatic carbocycles. The van der Waals surface area contributed by atoms with E-state index in [0.717, 1.165) is 12.3 Å². The van der Waals surface area contributed by atoms with Crippen molar-refractivity contribution in [2.45, 2.75) is 18.9 Å². The lowest BCUT2D eigenvalue weighted by Gasteiger charge is -2.13. The maximum Gasteiger partial charge on any atom is 0.478 e. The van der Waals surface area contributed by atoms with Crippen LogP contribution in [0.2, 0.25) is 6.32 Å². The number of halogens is 6. The van der Waals surface area contributed by atoms with Gasteiger partial charge in [-0.05, 0) is 17.7 Å². The quantitative estimate of drug-likeness (QED) is 0.583. The standard InChI is InChI=1S/C8H7BF6N/c10-8(11,12)7-5-6(2-4-16-7)1-3-9(13,14)15/h2,4-5H,1,3H2/q-1. The minimum absolute atomic E-state index is 0.0125. The number of hydrogen-bond donors (Lipinski definition) is 0. The Kier molecular flexibility index (Phi) is 3.49. The Balaban J connectivity index is 2.76. The van der Waals surface area contributed by atoms with Crippen molar-refractivity contribution in [2.75, 3.05) is 0 Å². The van der Waals surface area contributed by atoms with Gasteiger partial charge in [-0.25, -0.2) is 0 Å². The van der Waals surface area contributed by atoms with E-state index in [4.69, 9.17) is 0 Å². The van der Waals surface area contributed by atoms with Gasteiger partial charge in [0, 0.05) is 6.20 Å². The fraction of sp³-hybridized carbons (Fsp3) is 0.375. The van der Waals surface area contributed by atoms with Crippen LogP contribution in [0.15, 0.2) is 18.3 Å². The van der Waals surface area contributed by atoms with Crippen molar-refractivity contribution < 1.29 is 26.1 Å². The maximum absolute atomic E-state index is 12.2. The van der Waals surface area contributed by atoms with Crippen LogP contribution in [0.4, 0.5) is 26.1 Å². The molecule has 0 aliphatic rings.